The molecule has 1 aliphatic carbocycles. The van der Waals surface area contributed by atoms with E-state index in [0.29, 0.717) is 17.3 Å². The molecule has 3 nitrogen and oxygen atoms in total. The molecule has 0 saturated carbocycles. The van der Waals surface area contributed by atoms with Gasteiger partial charge in [-0.1, -0.05) is 58.4 Å². The minimum Gasteiger partial charge on any atom is -0.383 e. The molecule has 1 atom stereocenters. The molecule has 0 amide bonds. The second kappa shape index (κ2) is 6.52. The van der Waals surface area contributed by atoms with Gasteiger partial charge >= 0.3 is 0 Å². The number of nitrogen functional groups attached to an aromatic ring is 1. The van der Waals surface area contributed by atoms with Gasteiger partial charge in [0.25, 0.3) is 0 Å². The fourth-order valence-corrected chi connectivity index (χ4v) is 3.77. The zero-order valence-corrected chi connectivity index (χ0v) is 15.7. The smallest absolute Gasteiger partial charge is 0.142 e. The third-order valence-electron chi connectivity index (χ3n) is 5.42. The third kappa shape index (κ3) is 3.26. The summed E-state index contributed by atoms with van der Waals surface area (Å²) in [5.74, 6) is 1.03. The number of fused-ring (bicyclic) bond motifs is 1. The monoisotopic (exact) mass is 333 g/mol. The molecule has 25 heavy (non-hydrogen) atoms. The number of nitrogens with two attached hydrogens (primary N) is 1. The van der Waals surface area contributed by atoms with Gasteiger partial charge in [-0.3, -0.25) is 0 Å². The van der Waals surface area contributed by atoms with E-state index in [2.05, 4.69) is 63.0 Å². The average molecular weight is 333 g/mol. The summed E-state index contributed by atoms with van der Waals surface area (Å²) in [6, 6.07) is 10.9. The Morgan fingerprint density at radius 1 is 1.24 bits per heavy atom. The minimum atomic E-state index is 0.112. The van der Waals surface area contributed by atoms with Crippen LogP contribution in [0.4, 0.5) is 5.82 Å². The summed E-state index contributed by atoms with van der Waals surface area (Å²) < 4.78 is 0. The molecule has 2 N–H and O–H groups in total. The lowest BCUT2D eigenvalue weighted by Gasteiger charge is -2.27. The zero-order chi connectivity index (χ0) is 18.2. The quantitative estimate of drug-likeness (QED) is 0.839. The van der Waals surface area contributed by atoms with Gasteiger partial charge in [0.2, 0.25) is 0 Å². The molecule has 0 aliphatic heterocycles. The molecule has 3 heteroatoms. The minimum absolute atomic E-state index is 0.112. The van der Waals surface area contributed by atoms with Crippen molar-refractivity contribution < 1.29 is 0 Å². The van der Waals surface area contributed by atoms with Crippen molar-refractivity contribution in [1.82, 2.24) is 4.98 Å². The van der Waals surface area contributed by atoms with Crippen LogP contribution in [0.25, 0.3) is 11.1 Å². The van der Waals surface area contributed by atoms with E-state index < -0.39 is 0 Å². The molecule has 3 rings (SSSR count). The molecule has 1 unspecified atom stereocenters. The van der Waals surface area contributed by atoms with Crippen molar-refractivity contribution in [3.8, 4) is 17.2 Å². The number of pyridine rings is 1. The highest BCUT2D eigenvalue weighted by atomic mass is 14.9. The molecule has 1 aliphatic rings. The summed E-state index contributed by atoms with van der Waals surface area (Å²) in [5, 5.41) is 9.70. The van der Waals surface area contributed by atoms with Crippen LogP contribution in [-0.4, -0.2) is 4.98 Å². The molecule has 130 valence electrons. The van der Waals surface area contributed by atoms with Crippen LogP contribution in [0.1, 0.15) is 62.9 Å². The maximum absolute atomic E-state index is 9.70. The molecule has 0 spiro atoms. The normalized spacial score (nSPS) is 17.0. The van der Waals surface area contributed by atoms with E-state index in [0.717, 1.165) is 42.5 Å². The number of hydrogen-bond donors (Lipinski definition) is 1. The largest absolute Gasteiger partial charge is 0.383 e. The molecule has 2 aromatic rings. The lowest BCUT2D eigenvalue weighted by Crippen LogP contribution is -2.18. The van der Waals surface area contributed by atoms with Crippen LogP contribution in [0.3, 0.4) is 0 Å². The second-order valence-corrected chi connectivity index (χ2v) is 8.13. The zero-order valence-electron chi connectivity index (χ0n) is 15.7. The van der Waals surface area contributed by atoms with Gasteiger partial charge in [0.1, 0.15) is 17.5 Å². The standard InChI is InChI=1S/C22H27N3/c1-5-14-6-11-19-17(12-14)20(18(13-23)21(24)25-19)15-7-9-16(10-8-15)22(2,3)4/h7-10,14H,5-6,11-12H2,1-4H3,(H2,24,25). The third-order valence-corrected chi connectivity index (χ3v) is 5.42. The summed E-state index contributed by atoms with van der Waals surface area (Å²) in [6.07, 6.45) is 4.26. The number of aryl methyl sites for hydroxylation is 1. The molecular weight excluding hydrogens is 306 g/mol. The van der Waals surface area contributed by atoms with E-state index in [1.54, 1.807) is 0 Å². The lowest BCUT2D eigenvalue weighted by atomic mass is 9.79. The number of hydrogen-bond acceptors (Lipinski definition) is 3. The second-order valence-electron chi connectivity index (χ2n) is 8.13. The predicted molar refractivity (Wildman–Crippen MR) is 103 cm³/mol. The first-order valence-corrected chi connectivity index (χ1v) is 9.17. The van der Waals surface area contributed by atoms with E-state index in [1.807, 2.05) is 0 Å². The SMILES string of the molecule is CCC1CCc2nc(N)c(C#N)c(-c3ccc(C(C)(C)C)cc3)c2C1. The number of benzene rings is 1. The van der Waals surface area contributed by atoms with Crippen LogP contribution < -0.4 is 5.73 Å². The van der Waals surface area contributed by atoms with E-state index in [4.69, 9.17) is 5.73 Å². The van der Waals surface area contributed by atoms with Gasteiger partial charge in [0.05, 0.1) is 0 Å². The van der Waals surface area contributed by atoms with Gasteiger partial charge < -0.3 is 5.73 Å². The van der Waals surface area contributed by atoms with Gasteiger partial charge in [-0.25, -0.2) is 4.98 Å². The summed E-state index contributed by atoms with van der Waals surface area (Å²) >= 11 is 0. The Hall–Kier alpha value is -2.34. The van der Waals surface area contributed by atoms with Gasteiger partial charge in [0, 0.05) is 11.3 Å². The molecule has 0 bridgehead atoms. The average Bonchev–Trinajstić information content (AvgIpc) is 2.59. The van der Waals surface area contributed by atoms with E-state index >= 15 is 0 Å². The number of anilines is 1. The fraction of sp³-hybridized carbons (Fsp3) is 0.455. The number of nitriles is 1. The summed E-state index contributed by atoms with van der Waals surface area (Å²) in [6.45, 7) is 8.87. The Balaban J connectivity index is 2.18. The van der Waals surface area contributed by atoms with E-state index in [1.165, 1.54) is 11.1 Å². The lowest BCUT2D eigenvalue weighted by molar-refractivity contribution is 0.440. The predicted octanol–water partition coefficient (Wildman–Crippen LogP) is 5.01. The fourth-order valence-electron chi connectivity index (χ4n) is 3.77. The molecule has 0 saturated heterocycles. The highest BCUT2D eigenvalue weighted by Gasteiger charge is 2.26. The van der Waals surface area contributed by atoms with Crippen LogP contribution >= 0.6 is 0 Å². The highest BCUT2D eigenvalue weighted by Crippen LogP contribution is 2.38. The Kier molecular flexibility index (Phi) is 4.56. The Labute approximate surface area is 150 Å². The first-order chi connectivity index (χ1) is 11.8. The first-order valence-electron chi connectivity index (χ1n) is 9.17. The summed E-state index contributed by atoms with van der Waals surface area (Å²) in [7, 11) is 0. The van der Waals surface area contributed by atoms with Gasteiger partial charge in [-0.05, 0) is 47.3 Å². The van der Waals surface area contributed by atoms with E-state index in [-0.39, 0.29) is 5.41 Å². The Morgan fingerprint density at radius 3 is 2.48 bits per heavy atom. The van der Waals surface area contributed by atoms with Crippen molar-refractivity contribution in [1.29, 1.82) is 5.26 Å². The Bertz CT molecular complexity index is 820. The molecule has 0 radical (unpaired) electrons. The summed E-state index contributed by atoms with van der Waals surface area (Å²) in [5.41, 5.74) is 12.4. The molecule has 1 heterocycles. The maximum atomic E-state index is 9.70. The summed E-state index contributed by atoms with van der Waals surface area (Å²) in [4.78, 5) is 4.55. The van der Waals surface area contributed by atoms with Crippen molar-refractivity contribution in [2.24, 2.45) is 5.92 Å². The van der Waals surface area contributed by atoms with Crippen LogP contribution in [0.15, 0.2) is 24.3 Å². The number of aromatic nitrogens is 1. The van der Waals surface area contributed by atoms with Crippen LogP contribution in [0.5, 0.6) is 0 Å². The van der Waals surface area contributed by atoms with Crippen molar-refractivity contribution in [3.63, 3.8) is 0 Å². The van der Waals surface area contributed by atoms with E-state index in [9.17, 15) is 5.26 Å². The number of rotatable bonds is 2. The van der Waals surface area contributed by atoms with Gasteiger partial charge in [-0.2, -0.15) is 5.26 Å². The van der Waals surface area contributed by atoms with Crippen molar-refractivity contribution in [2.75, 3.05) is 5.73 Å². The van der Waals surface area contributed by atoms with Crippen molar-refractivity contribution in [3.05, 3.63) is 46.6 Å². The Morgan fingerprint density at radius 2 is 1.92 bits per heavy atom. The maximum Gasteiger partial charge on any atom is 0.142 e. The molecule has 1 aromatic heterocycles. The van der Waals surface area contributed by atoms with Crippen LogP contribution in [0, 0.1) is 17.2 Å². The molecule has 0 fully saturated rings. The first kappa shape index (κ1) is 17.5. The van der Waals surface area contributed by atoms with Gasteiger partial charge in [-0.15, -0.1) is 0 Å². The van der Waals surface area contributed by atoms with Crippen LogP contribution in [0.2, 0.25) is 0 Å². The number of nitrogens with zero attached hydrogens (tertiary/aromatic N) is 2. The van der Waals surface area contributed by atoms with Crippen molar-refractivity contribution in [2.45, 2.75) is 58.8 Å². The van der Waals surface area contributed by atoms with Gasteiger partial charge in [0.15, 0.2) is 0 Å². The highest BCUT2D eigenvalue weighted by molar-refractivity contribution is 5.79. The molecule has 1 aromatic carbocycles. The topological polar surface area (TPSA) is 62.7 Å². The van der Waals surface area contributed by atoms with Crippen molar-refractivity contribution >= 4 is 5.82 Å². The molecular formula is C22H27N3. The van der Waals surface area contributed by atoms with Crippen LogP contribution in [-0.2, 0) is 18.3 Å².